The summed E-state index contributed by atoms with van der Waals surface area (Å²) in [5.41, 5.74) is 3.71. The third kappa shape index (κ3) is 4.28. The molecule has 0 saturated carbocycles. The lowest BCUT2D eigenvalue weighted by Gasteiger charge is -2.06. The molecule has 0 radical (unpaired) electrons. The van der Waals surface area contributed by atoms with Crippen LogP contribution in [0.15, 0.2) is 54.6 Å². The fourth-order valence-corrected chi connectivity index (χ4v) is 3.36. The van der Waals surface area contributed by atoms with E-state index < -0.39 is 11.6 Å². The van der Waals surface area contributed by atoms with Gasteiger partial charge < -0.3 is 4.74 Å². The molecular weight excluding hydrogens is 373 g/mol. The van der Waals surface area contributed by atoms with E-state index in [0.29, 0.717) is 24.2 Å². The van der Waals surface area contributed by atoms with Crippen molar-refractivity contribution in [3.8, 4) is 11.1 Å². The average molecular weight is 394 g/mol. The molecular formula is C25H21F3O. The normalized spacial score (nSPS) is 15.8. The second-order valence-corrected chi connectivity index (χ2v) is 7.21. The maximum atomic E-state index is 14.2. The maximum absolute atomic E-state index is 14.2. The lowest BCUT2D eigenvalue weighted by atomic mass is 10.0. The first kappa shape index (κ1) is 19.5. The molecule has 29 heavy (non-hydrogen) atoms. The van der Waals surface area contributed by atoms with Gasteiger partial charge in [0.15, 0.2) is 11.6 Å². The predicted octanol–water partition coefficient (Wildman–Crippen LogP) is 6.97. The van der Waals surface area contributed by atoms with E-state index in [4.69, 9.17) is 4.74 Å². The van der Waals surface area contributed by atoms with Gasteiger partial charge in [-0.1, -0.05) is 74.0 Å². The Labute approximate surface area is 168 Å². The molecule has 3 aromatic carbocycles. The van der Waals surface area contributed by atoms with Crippen LogP contribution in [0.3, 0.4) is 0 Å². The van der Waals surface area contributed by atoms with Crippen molar-refractivity contribution in [3.63, 3.8) is 0 Å². The largest absolute Gasteiger partial charge is 0.368 e. The molecule has 0 spiro atoms. The smallest absolute Gasteiger partial charge is 0.166 e. The predicted molar refractivity (Wildman–Crippen MR) is 110 cm³/mol. The minimum Gasteiger partial charge on any atom is -0.368 e. The van der Waals surface area contributed by atoms with E-state index in [0.717, 1.165) is 23.1 Å². The Hall–Kier alpha value is -2.85. The molecule has 4 rings (SSSR count). The van der Waals surface area contributed by atoms with Crippen molar-refractivity contribution < 1.29 is 17.9 Å². The monoisotopic (exact) mass is 394 g/mol. The number of hydrogen-bond acceptors (Lipinski definition) is 1. The SMILES string of the molecule is CCCc1ccc(/C=C/c2ccc(-c3ccc(C4CO4)c(F)c3)cc2)c(F)c1F. The van der Waals surface area contributed by atoms with Crippen molar-refractivity contribution in [3.05, 3.63) is 94.3 Å². The molecule has 4 heteroatoms. The van der Waals surface area contributed by atoms with Gasteiger partial charge in [-0.15, -0.1) is 0 Å². The highest BCUT2D eigenvalue weighted by atomic mass is 19.2. The second-order valence-electron chi connectivity index (χ2n) is 7.21. The van der Waals surface area contributed by atoms with E-state index in [9.17, 15) is 13.2 Å². The van der Waals surface area contributed by atoms with Gasteiger partial charge in [0.25, 0.3) is 0 Å². The van der Waals surface area contributed by atoms with E-state index in [1.54, 1.807) is 30.4 Å². The Balaban J connectivity index is 1.51. The second kappa shape index (κ2) is 8.26. The molecule has 1 heterocycles. The highest BCUT2D eigenvalue weighted by molar-refractivity contribution is 5.72. The molecule has 0 N–H and O–H groups in total. The van der Waals surface area contributed by atoms with Crippen molar-refractivity contribution >= 4 is 12.2 Å². The molecule has 0 amide bonds. The summed E-state index contributed by atoms with van der Waals surface area (Å²) in [7, 11) is 0. The molecule has 0 bridgehead atoms. The van der Waals surface area contributed by atoms with Crippen molar-refractivity contribution in [2.45, 2.75) is 25.9 Å². The number of aryl methyl sites for hydroxylation is 1. The summed E-state index contributed by atoms with van der Waals surface area (Å²) < 4.78 is 47.7. The molecule has 1 aliphatic heterocycles. The van der Waals surface area contributed by atoms with Crippen LogP contribution in [-0.2, 0) is 11.2 Å². The number of ether oxygens (including phenoxy) is 1. The van der Waals surface area contributed by atoms with Gasteiger partial charge >= 0.3 is 0 Å². The van der Waals surface area contributed by atoms with Crippen LogP contribution in [0.5, 0.6) is 0 Å². The average Bonchev–Trinajstić information content (AvgIpc) is 3.56. The van der Waals surface area contributed by atoms with Gasteiger partial charge in [-0.2, -0.15) is 0 Å². The fraction of sp³-hybridized carbons (Fsp3) is 0.200. The summed E-state index contributed by atoms with van der Waals surface area (Å²) in [4.78, 5) is 0. The van der Waals surface area contributed by atoms with Crippen LogP contribution in [0.25, 0.3) is 23.3 Å². The number of benzene rings is 3. The molecule has 148 valence electrons. The number of halogens is 3. The molecule has 3 aromatic rings. The summed E-state index contributed by atoms with van der Waals surface area (Å²) in [6.45, 7) is 2.50. The number of rotatable bonds is 6. The Bertz CT molecular complexity index is 1050. The summed E-state index contributed by atoms with van der Waals surface area (Å²) >= 11 is 0. The van der Waals surface area contributed by atoms with Crippen LogP contribution in [0, 0.1) is 17.5 Å². The van der Waals surface area contributed by atoms with E-state index >= 15 is 0 Å². The molecule has 1 aliphatic rings. The lowest BCUT2D eigenvalue weighted by Crippen LogP contribution is -1.96. The minimum absolute atomic E-state index is 0.113. The summed E-state index contributed by atoms with van der Waals surface area (Å²) in [6, 6.07) is 15.9. The van der Waals surface area contributed by atoms with Gasteiger partial charge in [-0.3, -0.25) is 0 Å². The van der Waals surface area contributed by atoms with E-state index in [1.165, 1.54) is 6.07 Å². The van der Waals surface area contributed by atoms with Crippen molar-refractivity contribution in [2.75, 3.05) is 6.61 Å². The zero-order chi connectivity index (χ0) is 20.4. The molecule has 1 unspecified atom stereocenters. The molecule has 0 aromatic heterocycles. The third-order valence-corrected chi connectivity index (χ3v) is 5.09. The Morgan fingerprint density at radius 2 is 1.62 bits per heavy atom. The van der Waals surface area contributed by atoms with Gasteiger partial charge in [0.05, 0.1) is 6.61 Å². The van der Waals surface area contributed by atoms with Crippen LogP contribution < -0.4 is 0 Å². The Morgan fingerprint density at radius 3 is 2.28 bits per heavy atom. The quantitative estimate of drug-likeness (QED) is 0.325. The molecule has 1 saturated heterocycles. The minimum atomic E-state index is -0.820. The first-order valence-corrected chi connectivity index (χ1v) is 9.73. The van der Waals surface area contributed by atoms with Crippen LogP contribution in [0.2, 0.25) is 0 Å². The molecule has 1 fully saturated rings. The number of hydrogen-bond donors (Lipinski definition) is 0. The van der Waals surface area contributed by atoms with Gasteiger partial charge in [-0.25, -0.2) is 13.2 Å². The summed E-state index contributed by atoms with van der Waals surface area (Å²) in [5.74, 6) is -1.86. The zero-order valence-electron chi connectivity index (χ0n) is 16.1. The third-order valence-electron chi connectivity index (χ3n) is 5.09. The van der Waals surface area contributed by atoms with Crippen LogP contribution in [-0.4, -0.2) is 6.61 Å². The van der Waals surface area contributed by atoms with Crippen molar-refractivity contribution in [1.29, 1.82) is 0 Å². The first-order chi connectivity index (χ1) is 14.1. The van der Waals surface area contributed by atoms with Gasteiger partial charge in [-0.05, 0) is 34.7 Å². The Morgan fingerprint density at radius 1 is 0.897 bits per heavy atom. The first-order valence-electron chi connectivity index (χ1n) is 9.73. The van der Waals surface area contributed by atoms with Crippen LogP contribution in [0.1, 0.15) is 41.7 Å². The topological polar surface area (TPSA) is 12.5 Å². The number of epoxide rings is 1. The fourth-order valence-electron chi connectivity index (χ4n) is 3.36. The van der Waals surface area contributed by atoms with Crippen molar-refractivity contribution in [2.24, 2.45) is 0 Å². The van der Waals surface area contributed by atoms with Gasteiger partial charge in [0, 0.05) is 11.1 Å². The van der Waals surface area contributed by atoms with Crippen LogP contribution >= 0.6 is 0 Å². The zero-order valence-corrected chi connectivity index (χ0v) is 16.1. The maximum Gasteiger partial charge on any atom is 0.166 e. The Kier molecular flexibility index (Phi) is 5.54. The van der Waals surface area contributed by atoms with Gasteiger partial charge in [0.2, 0.25) is 0 Å². The van der Waals surface area contributed by atoms with Gasteiger partial charge in [0.1, 0.15) is 11.9 Å². The molecule has 1 atom stereocenters. The van der Waals surface area contributed by atoms with E-state index in [1.807, 2.05) is 37.3 Å². The highest BCUT2D eigenvalue weighted by Crippen LogP contribution is 2.33. The summed E-state index contributed by atoms with van der Waals surface area (Å²) in [5, 5.41) is 0. The van der Waals surface area contributed by atoms with E-state index in [-0.39, 0.29) is 17.5 Å². The standard InChI is InChI=1S/C25H21F3O/c1-2-3-18-10-11-19(25(28)24(18)27)9-6-16-4-7-17(8-5-16)20-12-13-21(22(26)14-20)23-15-29-23/h4-14,23H,2-3,15H2,1H3/b9-6+. The van der Waals surface area contributed by atoms with Crippen LogP contribution in [0.4, 0.5) is 13.2 Å². The van der Waals surface area contributed by atoms with E-state index in [2.05, 4.69) is 0 Å². The highest BCUT2D eigenvalue weighted by Gasteiger charge is 2.27. The summed E-state index contributed by atoms with van der Waals surface area (Å²) in [6.07, 6.45) is 4.46. The molecule has 0 aliphatic carbocycles. The lowest BCUT2D eigenvalue weighted by molar-refractivity contribution is 0.408. The molecule has 1 nitrogen and oxygen atoms in total. The van der Waals surface area contributed by atoms with Crippen molar-refractivity contribution in [1.82, 2.24) is 0 Å².